The van der Waals surface area contributed by atoms with Gasteiger partial charge in [-0.25, -0.2) is 9.97 Å². The van der Waals surface area contributed by atoms with Crippen LogP contribution in [0.3, 0.4) is 0 Å². The molecule has 2 aromatic carbocycles. The van der Waals surface area contributed by atoms with E-state index in [9.17, 15) is 0 Å². The van der Waals surface area contributed by atoms with Crippen LogP contribution in [0, 0.1) is 5.41 Å². The highest BCUT2D eigenvalue weighted by atomic mass is 16.5. The molecule has 0 fully saturated rings. The normalized spacial score (nSPS) is 21.7. The van der Waals surface area contributed by atoms with Gasteiger partial charge in [-0.1, -0.05) is 24.3 Å². The summed E-state index contributed by atoms with van der Waals surface area (Å²) in [6.45, 7) is 14.2. The van der Waals surface area contributed by atoms with E-state index >= 15 is 0 Å². The lowest BCUT2D eigenvalue weighted by Gasteiger charge is -2.32. The van der Waals surface area contributed by atoms with Crippen molar-refractivity contribution < 1.29 is 18.9 Å². The predicted molar refractivity (Wildman–Crippen MR) is 140 cm³/mol. The Morgan fingerprint density at radius 1 is 0.800 bits per heavy atom. The minimum absolute atomic E-state index is 0.0212. The van der Waals surface area contributed by atoms with Crippen LogP contribution in [-0.4, -0.2) is 48.6 Å². The molecule has 0 spiro atoms. The number of nitrogens with zero attached hydrogens (tertiary/aromatic N) is 2. The molecule has 0 saturated heterocycles. The summed E-state index contributed by atoms with van der Waals surface area (Å²) in [6.07, 6.45) is 7.28. The Morgan fingerprint density at radius 3 is 1.74 bits per heavy atom. The van der Waals surface area contributed by atoms with Crippen LogP contribution in [0.2, 0.25) is 0 Å². The molecule has 4 rings (SSSR count). The molecule has 2 bridgehead atoms. The van der Waals surface area contributed by atoms with Crippen molar-refractivity contribution in [2.45, 2.75) is 51.7 Å². The van der Waals surface area contributed by atoms with Gasteiger partial charge in [0.05, 0.1) is 24.2 Å². The third-order valence-electron chi connectivity index (χ3n) is 6.49. The van der Waals surface area contributed by atoms with Crippen LogP contribution in [0.5, 0.6) is 11.5 Å². The maximum Gasteiger partial charge on any atom is 0.147 e. The molecule has 0 aliphatic carbocycles. The van der Waals surface area contributed by atoms with Crippen molar-refractivity contribution in [3.63, 3.8) is 0 Å². The quantitative estimate of drug-likeness (QED) is 0.326. The monoisotopic (exact) mass is 476 g/mol. The largest absolute Gasteiger partial charge is 0.486 e. The van der Waals surface area contributed by atoms with Crippen molar-refractivity contribution in [1.82, 2.24) is 9.97 Å². The molecule has 0 N–H and O–H groups in total. The van der Waals surface area contributed by atoms with Gasteiger partial charge in [0.15, 0.2) is 0 Å². The topological polar surface area (TPSA) is 62.7 Å². The van der Waals surface area contributed by atoms with Gasteiger partial charge in [0.2, 0.25) is 0 Å². The van der Waals surface area contributed by atoms with Crippen molar-refractivity contribution in [2.24, 2.45) is 5.41 Å². The van der Waals surface area contributed by atoms with Crippen LogP contribution in [-0.2, 0) is 9.47 Å². The van der Waals surface area contributed by atoms with E-state index in [1.54, 1.807) is 0 Å². The number of rotatable bonds is 4. The third-order valence-corrected chi connectivity index (χ3v) is 6.49. The van der Waals surface area contributed by atoms with Gasteiger partial charge in [-0.3, -0.25) is 0 Å². The summed E-state index contributed by atoms with van der Waals surface area (Å²) in [5, 5.41) is 0. The fraction of sp³-hybridized carbons (Fsp3) is 0.448. The van der Waals surface area contributed by atoms with Crippen molar-refractivity contribution >= 4 is 22.1 Å². The summed E-state index contributed by atoms with van der Waals surface area (Å²) in [4.78, 5) is 9.73. The van der Waals surface area contributed by atoms with Gasteiger partial charge >= 0.3 is 0 Å². The minimum atomic E-state index is -0.139. The number of allylic oxidation sites excluding steroid dienone is 2. The third kappa shape index (κ3) is 6.19. The van der Waals surface area contributed by atoms with Crippen LogP contribution in [0.25, 0.3) is 22.1 Å². The minimum Gasteiger partial charge on any atom is -0.486 e. The first-order valence-corrected chi connectivity index (χ1v) is 12.4. The number of aromatic nitrogens is 2. The molecule has 35 heavy (non-hydrogen) atoms. The zero-order chi connectivity index (χ0) is 24.7. The van der Waals surface area contributed by atoms with Crippen molar-refractivity contribution in [1.29, 1.82) is 0 Å². The van der Waals surface area contributed by atoms with E-state index in [1.165, 1.54) is 0 Å². The Labute approximate surface area is 208 Å². The standard InChI is InChI=1S/C29H36N2O4/c1-5-13-29(14-6-2)15-17-32-19-21(3)34-25-11-7-9-23-27(25)31-28-24(30-23)10-8-12-26(28)35-22(4)20-33-18-16-29/h5-12,21-22H,1-2,13-20H2,3-4H3/t21-,22-/m1/s1. The van der Waals surface area contributed by atoms with E-state index in [-0.39, 0.29) is 17.6 Å². The molecule has 2 atom stereocenters. The molecule has 0 unspecified atom stereocenters. The van der Waals surface area contributed by atoms with Gasteiger partial charge in [0.1, 0.15) is 34.7 Å². The zero-order valence-electron chi connectivity index (χ0n) is 20.9. The molecule has 1 aliphatic heterocycles. The van der Waals surface area contributed by atoms with Crippen LogP contribution in [0.4, 0.5) is 0 Å². The second-order valence-corrected chi connectivity index (χ2v) is 9.46. The Bertz CT molecular complexity index is 1080. The van der Waals surface area contributed by atoms with Crippen molar-refractivity contribution in [3.8, 4) is 11.5 Å². The van der Waals surface area contributed by atoms with Gasteiger partial charge < -0.3 is 18.9 Å². The first-order valence-electron chi connectivity index (χ1n) is 12.4. The van der Waals surface area contributed by atoms with E-state index in [0.717, 1.165) is 36.7 Å². The summed E-state index contributed by atoms with van der Waals surface area (Å²) in [6, 6.07) is 11.6. The number of benzene rings is 2. The Hall–Kier alpha value is -2.96. The van der Waals surface area contributed by atoms with Gasteiger partial charge in [-0.15, -0.1) is 13.2 Å². The molecule has 0 amide bonds. The van der Waals surface area contributed by atoms with Crippen LogP contribution >= 0.6 is 0 Å². The predicted octanol–water partition coefficient (Wildman–Crippen LogP) is 6.28. The lowest BCUT2D eigenvalue weighted by atomic mass is 9.75. The SMILES string of the molecule is C=CCC1(CC=C)CCOC[C@@H](C)Oc2cccc3nc4cccc(c4nc23)O[C@H](C)COCC1. The Kier molecular flexibility index (Phi) is 8.37. The fourth-order valence-electron chi connectivity index (χ4n) is 4.66. The highest BCUT2D eigenvalue weighted by Crippen LogP contribution is 2.36. The first-order chi connectivity index (χ1) is 17.0. The van der Waals surface area contributed by atoms with E-state index < -0.39 is 0 Å². The molecule has 2 heterocycles. The number of hydrogen-bond donors (Lipinski definition) is 0. The maximum absolute atomic E-state index is 6.26. The molecular formula is C29H36N2O4. The second kappa shape index (κ2) is 11.6. The molecule has 0 saturated carbocycles. The van der Waals surface area contributed by atoms with E-state index in [0.29, 0.717) is 49.0 Å². The molecule has 6 nitrogen and oxygen atoms in total. The zero-order valence-corrected chi connectivity index (χ0v) is 20.9. The van der Waals surface area contributed by atoms with Crippen LogP contribution < -0.4 is 9.47 Å². The summed E-state index contributed by atoms with van der Waals surface area (Å²) >= 11 is 0. The molecule has 1 aromatic heterocycles. The average molecular weight is 477 g/mol. The number of hydrogen-bond acceptors (Lipinski definition) is 6. The maximum atomic E-state index is 6.26. The highest BCUT2D eigenvalue weighted by molar-refractivity contribution is 5.92. The van der Waals surface area contributed by atoms with Gasteiger partial charge in [0.25, 0.3) is 0 Å². The Morgan fingerprint density at radius 2 is 1.29 bits per heavy atom. The summed E-state index contributed by atoms with van der Waals surface area (Å²) < 4.78 is 24.6. The van der Waals surface area contributed by atoms with Crippen LogP contribution in [0.1, 0.15) is 39.5 Å². The lowest BCUT2D eigenvalue weighted by molar-refractivity contribution is 0.0183. The summed E-state index contributed by atoms with van der Waals surface area (Å²) in [5.41, 5.74) is 3.01. The summed E-state index contributed by atoms with van der Waals surface area (Å²) in [5.74, 6) is 1.38. The lowest BCUT2D eigenvalue weighted by Crippen LogP contribution is -2.27. The number of ether oxygens (including phenoxy) is 4. The van der Waals surface area contributed by atoms with Crippen molar-refractivity contribution in [2.75, 3.05) is 26.4 Å². The molecule has 3 aromatic rings. The second-order valence-electron chi connectivity index (χ2n) is 9.46. The van der Waals surface area contributed by atoms with E-state index in [1.807, 2.05) is 62.4 Å². The molecule has 1 aliphatic rings. The fourth-order valence-corrected chi connectivity index (χ4v) is 4.66. The average Bonchev–Trinajstić information content (AvgIpc) is 2.84. The van der Waals surface area contributed by atoms with Gasteiger partial charge in [-0.2, -0.15) is 0 Å². The molecule has 0 radical (unpaired) electrons. The van der Waals surface area contributed by atoms with E-state index in [2.05, 4.69) is 13.2 Å². The van der Waals surface area contributed by atoms with Crippen LogP contribution in [0.15, 0.2) is 61.7 Å². The molecule has 6 heteroatoms. The van der Waals surface area contributed by atoms with Crippen molar-refractivity contribution in [3.05, 3.63) is 61.7 Å². The summed E-state index contributed by atoms with van der Waals surface area (Å²) in [7, 11) is 0. The number of para-hydroxylation sites is 2. The van der Waals surface area contributed by atoms with Gasteiger partial charge in [-0.05, 0) is 69.2 Å². The molecular weight excluding hydrogens is 440 g/mol. The Balaban J connectivity index is 1.65. The van der Waals surface area contributed by atoms with E-state index in [4.69, 9.17) is 28.9 Å². The van der Waals surface area contributed by atoms with Gasteiger partial charge in [0, 0.05) is 13.2 Å². The highest BCUT2D eigenvalue weighted by Gasteiger charge is 2.27. The smallest absolute Gasteiger partial charge is 0.147 e. The molecule has 186 valence electrons. The first kappa shape index (κ1) is 25.1.